The van der Waals surface area contributed by atoms with Gasteiger partial charge in [0.25, 0.3) is 0 Å². The van der Waals surface area contributed by atoms with Gasteiger partial charge in [0.15, 0.2) is 11.9 Å². The second-order valence-corrected chi connectivity index (χ2v) is 6.38. The summed E-state index contributed by atoms with van der Waals surface area (Å²) in [5.41, 5.74) is 0.954. The van der Waals surface area contributed by atoms with Gasteiger partial charge in [0.1, 0.15) is 8.85 Å². The minimum atomic E-state index is -0.418. The fourth-order valence-corrected chi connectivity index (χ4v) is 3.50. The van der Waals surface area contributed by atoms with E-state index in [0.29, 0.717) is 33.5 Å². The number of hydrogen-bond donors (Lipinski definition) is 0. The van der Waals surface area contributed by atoms with E-state index in [9.17, 15) is 4.79 Å². The van der Waals surface area contributed by atoms with Gasteiger partial charge in [-0.3, -0.25) is 0 Å². The van der Waals surface area contributed by atoms with Crippen molar-refractivity contribution in [2.75, 3.05) is 13.2 Å². The molecule has 1 aliphatic rings. The zero-order valence-electron chi connectivity index (χ0n) is 12.0. The molecule has 1 fully saturated rings. The fraction of sp³-hybridized carbons (Fsp3) is 0.500. The molecular weight excluding hydrogens is 421 g/mol. The zero-order chi connectivity index (χ0) is 15.7. The summed E-state index contributed by atoms with van der Waals surface area (Å²) in [6.45, 7) is 2.77. The first-order chi connectivity index (χ1) is 10.6. The molecule has 6 nitrogen and oxygen atoms in total. The van der Waals surface area contributed by atoms with Crippen molar-refractivity contribution >= 4 is 51.2 Å². The number of pyridine rings is 1. The van der Waals surface area contributed by atoms with Gasteiger partial charge in [0.2, 0.25) is 0 Å². The first-order valence-corrected chi connectivity index (χ1v) is 8.60. The molecule has 0 saturated carbocycles. The van der Waals surface area contributed by atoms with Crippen LogP contribution in [-0.4, -0.2) is 33.9 Å². The van der Waals surface area contributed by atoms with E-state index < -0.39 is 5.97 Å². The van der Waals surface area contributed by atoms with E-state index in [1.807, 2.05) is 0 Å². The molecule has 8 heteroatoms. The van der Waals surface area contributed by atoms with E-state index in [4.69, 9.17) is 21.1 Å². The summed E-state index contributed by atoms with van der Waals surface area (Å²) >= 11 is 8.18. The number of carbonyl (C=O) groups excluding carboxylic acids is 1. The van der Waals surface area contributed by atoms with Crippen molar-refractivity contribution in [3.8, 4) is 0 Å². The van der Waals surface area contributed by atoms with Crippen molar-refractivity contribution in [1.82, 2.24) is 14.8 Å². The number of hydrogen-bond acceptors (Lipinski definition) is 5. The summed E-state index contributed by atoms with van der Waals surface area (Å²) in [7, 11) is 0. The first kappa shape index (κ1) is 15.9. The lowest BCUT2D eigenvalue weighted by atomic mass is 10.2. The molecule has 3 heterocycles. The van der Waals surface area contributed by atoms with Gasteiger partial charge < -0.3 is 9.47 Å². The average Bonchev–Trinajstić information content (AvgIpc) is 2.84. The van der Waals surface area contributed by atoms with Gasteiger partial charge in [-0.05, 0) is 54.8 Å². The predicted molar refractivity (Wildman–Crippen MR) is 90.1 cm³/mol. The van der Waals surface area contributed by atoms with Gasteiger partial charge >= 0.3 is 5.97 Å². The van der Waals surface area contributed by atoms with E-state index in [1.54, 1.807) is 11.6 Å². The number of carbonyl (C=O) groups is 1. The molecular formula is C14H15ClIN3O3. The van der Waals surface area contributed by atoms with Crippen LogP contribution in [0, 0.1) is 3.70 Å². The van der Waals surface area contributed by atoms with E-state index in [0.717, 1.165) is 19.3 Å². The van der Waals surface area contributed by atoms with Crippen LogP contribution in [0.15, 0.2) is 6.07 Å². The van der Waals surface area contributed by atoms with Gasteiger partial charge in [0.05, 0.1) is 17.6 Å². The Balaban J connectivity index is 2.14. The van der Waals surface area contributed by atoms with Gasteiger partial charge in [-0.25, -0.2) is 14.5 Å². The fourth-order valence-electron chi connectivity index (χ4n) is 2.55. The van der Waals surface area contributed by atoms with Crippen LogP contribution in [0.1, 0.15) is 42.8 Å². The van der Waals surface area contributed by atoms with Gasteiger partial charge in [-0.2, -0.15) is 5.10 Å². The molecule has 2 aromatic heterocycles. The van der Waals surface area contributed by atoms with Gasteiger partial charge in [-0.1, -0.05) is 11.6 Å². The number of rotatable bonds is 3. The molecule has 3 rings (SSSR count). The SMILES string of the molecule is CCOC(=O)c1cc(Cl)nc2c1c(I)nn2C1CCCCO1. The summed E-state index contributed by atoms with van der Waals surface area (Å²) in [4.78, 5) is 16.5. The summed E-state index contributed by atoms with van der Waals surface area (Å²) in [6, 6.07) is 1.53. The Hall–Kier alpha value is -0.930. The highest BCUT2D eigenvalue weighted by Crippen LogP contribution is 2.31. The summed E-state index contributed by atoms with van der Waals surface area (Å²) in [5, 5.41) is 5.41. The van der Waals surface area contributed by atoms with Crippen molar-refractivity contribution in [3.05, 3.63) is 20.5 Å². The minimum absolute atomic E-state index is 0.166. The van der Waals surface area contributed by atoms with Crippen LogP contribution in [0.25, 0.3) is 11.0 Å². The normalized spacial score (nSPS) is 18.6. The third kappa shape index (κ3) is 2.93. The Morgan fingerprint density at radius 3 is 3.09 bits per heavy atom. The molecule has 0 aliphatic carbocycles. The van der Waals surface area contributed by atoms with Crippen LogP contribution < -0.4 is 0 Å². The van der Waals surface area contributed by atoms with E-state index >= 15 is 0 Å². The molecule has 0 radical (unpaired) electrons. The molecule has 1 unspecified atom stereocenters. The van der Waals surface area contributed by atoms with Crippen molar-refractivity contribution in [2.24, 2.45) is 0 Å². The molecule has 118 valence electrons. The van der Waals surface area contributed by atoms with Crippen molar-refractivity contribution in [2.45, 2.75) is 32.4 Å². The van der Waals surface area contributed by atoms with Gasteiger partial charge in [0, 0.05) is 6.61 Å². The predicted octanol–water partition coefficient (Wildman–Crippen LogP) is 3.57. The average molecular weight is 436 g/mol. The second kappa shape index (κ2) is 6.67. The Kier molecular flexibility index (Phi) is 4.84. The van der Waals surface area contributed by atoms with Crippen LogP contribution >= 0.6 is 34.2 Å². The van der Waals surface area contributed by atoms with Crippen LogP contribution in [-0.2, 0) is 9.47 Å². The Labute approximate surface area is 146 Å². The quantitative estimate of drug-likeness (QED) is 0.419. The van der Waals surface area contributed by atoms with E-state index in [-0.39, 0.29) is 11.4 Å². The van der Waals surface area contributed by atoms with Crippen LogP contribution in [0.4, 0.5) is 0 Å². The first-order valence-electron chi connectivity index (χ1n) is 7.14. The number of aromatic nitrogens is 3. The van der Waals surface area contributed by atoms with E-state index in [1.165, 1.54) is 6.07 Å². The topological polar surface area (TPSA) is 66.2 Å². The third-order valence-corrected chi connectivity index (χ3v) is 4.46. The van der Waals surface area contributed by atoms with Crippen molar-refractivity contribution in [1.29, 1.82) is 0 Å². The number of fused-ring (bicyclic) bond motifs is 1. The smallest absolute Gasteiger partial charge is 0.339 e. The standard InChI is InChI=1S/C14H15ClIN3O3/c1-2-21-14(20)8-7-9(15)17-13-11(8)12(16)18-19(13)10-5-3-4-6-22-10/h7,10H,2-6H2,1H3. The lowest BCUT2D eigenvalue weighted by Gasteiger charge is -2.23. The maximum absolute atomic E-state index is 12.2. The Morgan fingerprint density at radius 2 is 2.41 bits per heavy atom. The molecule has 0 bridgehead atoms. The highest BCUT2D eigenvalue weighted by Gasteiger charge is 2.25. The van der Waals surface area contributed by atoms with Crippen molar-refractivity contribution < 1.29 is 14.3 Å². The lowest BCUT2D eigenvalue weighted by Crippen LogP contribution is -2.19. The Bertz CT molecular complexity index is 713. The zero-order valence-corrected chi connectivity index (χ0v) is 14.9. The van der Waals surface area contributed by atoms with Gasteiger partial charge in [-0.15, -0.1) is 0 Å². The molecule has 0 spiro atoms. The third-order valence-electron chi connectivity index (χ3n) is 3.51. The molecule has 1 saturated heterocycles. The van der Waals surface area contributed by atoms with Crippen LogP contribution in [0.5, 0.6) is 0 Å². The molecule has 2 aromatic rings. The summed E-state index contributed by atoms with van der Waals surface area (Å²) in [5.74, 6) is -0.418. The largest absolute Gasteiger partial charge is 0.462 e. The van der Waals surface area contributed by atoms with Crippen LogP contribution in [0.2, 0.25) is 5.15 Å². The molecule has 0 aromatic carbocycles. The van der Waals surface area contributed by atoms with E-state index in [2.05, 4.69) is 32.7 Å². The minimum Gasteiger partial charge on any atom is -0.462 e. The lowest BCUT2D eigenvalue weighted by molar-refractivity contribution is -0.0372. The molecule has 0 N–H and O–H groups in total. The maximum Gasteiger partial charge on any atom is 0.339 e. The molecule has 1 atom stereocenters. The number of nitrogens with zero attached hydrogens (tertiary/aromatic N) is 3. The molecule has 22 heavy (non-hydrogen) atoms. The monoisotopic (exact) mass is 435 g/mol. The molecule has 1 aliphatic heterocycles. The second-order valence-electron chi connectivity index (χ2n) is 4.97. The van der Waals surface area contributed by atoms with Crippen molar-refractivity contribution in [3.63, 3.8) is 0 Å². The Morgan fingerprint density at radius 1 is 1.59 bits per heavy atom. The number of ether oxygens (including phenoxy) is 2. The van der Waals surface area contributed by atoms with Crippen LogP contribution in [0.3, 0.4) is 0 Å². The number of halogens is 2. The summed E-state index contributed by atoms with van der Waals surface area (Å²) in [6.07, 6.45) is 2.83. The summed E-state index contributed by atoms with van der Waals surface area (Å²) < 4.78 is 13.3. The molecule has 0 amide bonds. The maximum atomic E-state index is 12.2. The number of esters is 1. The highest BCUT2D eigenvalue weighted by molar-refractivity contribution is 14.1. The highest BCUT2D eigenvalue weighted by atomic mass is 127.